The van der Waals surface area contributed by atoms with E-state index in [1.54, 1.807) is 43.2 Å². The Morgan fingerprint density at radius 3 is 2.29 bits per heavy atom. The number of nitrogens with zero attached hydrogens (tertiary/aromatic N) is 3. The smallest absolute Gasteiger partial charge is 0.271 e. The van der Waals surface area contributed by atoms with E-state index in [-0.39, 0.29) is 5.91 Å². The zero-order valence-electron chi connectivity index (χ0n) is 16.4. The molecule has 1 aromatic carbocycles. The first-order chi connectivity index (χ1) is 13.5. The van der Waals surface area contributed by atoms with Crippen LogP contribution in [-0.2, 0) is 4.79 Å². The van der Waals surface area contributed by atoms with Crippen molar-refractivity contribution in [3.63, 3.8) is 0 Å². The highest BCUT2D eigenvalue weighted by Gasteiger charge is 2.24. The Balaban J connectivity index is 2.49. The summed E-state index contributed by atoms with van der Waals surface area (Å²) >= 11 is 0. The number of aromatic nitrogens is 2. The zero-order chi connectivity index (χ0) is 20.7. The predicted molar refractivity (Wildman–Crippen MR) is 109 cm³/mol. The van der Waals surface area contributed by atoms with Crippen molar-refractivity contribution in [2.75, 3.05) is 27.3 Å². The van der Waals surface area contributed by atoms with E-state index in [0.29, 0.717) is 30.3 Å². The molecule has 2 rings (SSSR count). The second-order valence-corrected chi connectivity index (χ2v) is 6.07. The summed E-state index contributed by atoms with van der Waals surface area (Å²) in [6.07, 6.45) is 3.25. The van der Waals surface area contributed by atoms with Crippen LogP contribution in [0, 0.1) is 0 Å². The summed E-state index contributed by atoms with van der Waals surface area (Å²) in [6.45, 7) is 9.68. The number of rotatable bonds is 9. The van der Waals surface area contributed by atoms with Gasteiger partial charge >= 0.3 is 0 Å². The van der Waals surface area contributed by atoms with Crippen molar-refractivity contribution < 1.29 is 14.3 Å². The SMILES string of the molecule is C=CCN(CC=C)C(=O)C(C)n1nc(-c2ccc(OC)cc2)c(OC)cc1=O. The summed E-state index contributed by atoms with van der Waals surface area (Å²) < 4.78 is 11.7. The first-order valence-corrected chi connectivity index (χ1v) is 8.79. The van der Waals surface area contributed by atoms with E-state index in [0.717, 1.165) is 5.56 Å². The van der Waals surface area contributed by atoms with Crippen molar-refractivity contribution >= 4 is 5.91 Å². The summed E-state index contributed by atoms with van der Waals surface area (Å²) in [5.41, 5.74) is 0.774. The molecule has 1 heterocycles. The maximum atomic E-state index is 12.8. The maximum Gasteiger partial charge on any atom is 0.271 e. The zero-order valence-corrected chi connectivity index (χ0v) is 16.4. The Morgan fingerprint density at radius 1 is 1.18 bits per heavy atom. The molecule has 0 aliphatic rings. The van der Waals surface area contributed by atoms with E-state index in [2.05, 4.69) is 18.3 Å². The number of hydrogen-bond acceptors (Lipinski definition) is 5. The van der Waals surface area contributed by atoms with Crippen LogP contribution in [0.25, 0.3) is 11.3 Å². The molecule has 7 nitrogen and oxygen atoms in total. The van der Waals surface area contributed by atoms with Gasteiger partial charge < -0.3 is 14.4 Å². The predicted octanol–water partition coefficient (Wildman–Crippen LogP) is 2.69. The van der Waals surface area contributed by atoms with E-state index in [9.17, 15) is 9.59 Å². The Kier molecular flexibility index (Phi) is 7.14. The number of hydrogen-bond donors (Lipinski definition) is 0. The topological polar surface area (TPSA) is 73.7 Å². The molecular formula is C21H25N3O4. The highest BCUT2D eigenvalue weighted by molar-refractivity contribution is 5.80. The van der Waals surface area contributed by atoms with Gasteiger partial charge in [-0.3, -0.25) is 9.59 Å². The molecule has 1 aromatic heterocycles. The third-order valence-corrected chi connectivity index (χ3v) is 4.24. The summed E-state index contributed by atoms with van der Waals surface area (Å²) in [5.74, 6) is 0.782. The number of benzene rings is 1. The Hall–Kier alpha value is -3.35. The van der Waals surface area contributed by atoms with Crippen molar-refractivity contribution in [2.45, 2.75) is 13.0 Å². The van der Waals surface area contributed by atoms with Crippen LogP contribution >= 0.6 is 0 Å². The molecule has 148 valence electrons. The Morgan fingerprint density at radius 2 is 1.79 bits per heavy atom. The minimum Gasteiger partial charge on any atom is -0.497 e. The Labute approximate surface area is 164 Å². The van der Waals surface area contributed by atoms with Gasteiger partial charge in [-0.1, -0.05) is 12.2 Å². The van der Waals surface area contributed by atoms with Gasteiger partial charge in [0.15, 0.2) is 5.75 Å². The van der Waals surface area contributed by atoms with E-state index in [4.69, 9.17) is 9.47 Å². The fourth-order valence-electron chi connectivity index (χ4n) is 2.77. The molecule has 0 aliphatic carbocycles. The minimum atomic E-state index is -0.796. The number of amides is 1. The fourth-order valence-corrected chi connectivity index (χ4v) is 2.77. The highest BCUT2D eigenvalue weighted by atomic mass is 16.5. The molecule has 0 radical (unpaired) electrons. The van der Waals surface area contributed by atoms with Gasteiger partial charge in [0.05, 0.1) is 14.2 Å². The molecular weight excluding hydrogens is 358 g/mol. The monoisotopic (exact) mass is 383 g/mol. The number of methoxy groups -OCH3 is 2. The molecule has 0 bridgehead atoms. The molecule has 28 heavy (non-hydrogen) atoms. The van der Waals surface area contributed by atoms with Gasteiger partial charge in [0.1, 0.15) is 17.5 Å². The average molecular weight is 383 g/mol. The van der Waals surface area contributed by atoms with Crippen LogP contribution in [0.2, 0.25) is 0 Å². The molecule has 7 heteroatoms. The lowest BCUT2D eigenvalue weighted by Gasteiger charge is -2.24. The van der Waals surface area contributed by atoms with Gasteiger partial charge in [-0.2, -0.15) is 5.10 Å². The lowest BCUT2D eigenvalue weighted by Crippen LogP contribution is -2.40. The fraction of sp³-hybridized carbons (Fsp3) is 0.286. The number of carbonyl (C=O) groups is 1. The van der Waals surface area contributed by atoms with Gasteiger partial charge in [0.25, 0.3) is 5.56 Å². The highest BCUT2D eigenvalue weighted by Crippen LogP contribution is 2.28. The molecule has 1 unspecified atom stereocenters. The van der Waals surface area contributed by atoms with Crippen molar-refractivity contribution in [1.82, 2.24) is 14.7 Å². The normalized spacial score (nSPS) is 11.4. The second-order valence-electron chi connectivity index (χ2n) is 6.07. The molecule has 0 N–H and O–H groups in total. The molecule has 0 spiro atoms. The standard InChI is InChI=1S/C21H25N3O4/c1-6-12-23(13-7-2)21(26)15(3)24-19(25)14-18(28-5)20(22-24)16-8-10-17(27-4)11-9-16/h6-11,14-15H,1-2,12-13H2,3-5H3. The number of ether oxygens (including phenoxy) is 2. The maximum absolute atomic E-state index is 12.8. The van der Waals surface area contributed by atoms with Gasteiger partial charge in [-0.05, 0) is 31.2 Å². The van der Waals surface area contributed by atoms with Gasteiger partial charge in [0.2, 0.25) is 5.91 Å². The lowest BCUT2D eigenvalue weighted by molar-refractivity contribution is -0.133. The van der Waals surface area contributed by atoms with Crippen LogP contribution in [0.4, 0.5) is 0 Å². The number of carbonyl (C=O) groups excluding carboxylic acids is 1. The van der Waals surface area contributed by atoms with Crippen LogP contribution in [0.15, 0.2) is 60.4 Å². The molecule has 1 atom stereocenters. The quantitative estimate of drug-likeness (QED) is 0.623. The van der Waals surface area contributed by atoms with Gasteiger partial charge in [-0.25, -0.2) is 4.68 Å². The van der Waals surface area contributed by atoms with Crippen molar-refractivity contribution in [3.05, 3.63) is 66.0 Å². The first kappa shape index (κ1) is 21.0. The van der Waals surface area contributed by atoms with Crippen molar-refractivity contribution in [3.8, 4) is 22.8 Å². The third-order valence-electron chi connectivity index (χ3n) is 4.24. The van der Waals surface area contributed by atoms with Crippen LogP contribution in [0.3, 0.4) is 0 Å². The molecule has 0 fully saturated rings. The van der Waals surface area contributed by atoms with Crippen LogP contribution in [0.5, 0.6) is 11.5 Å². The van der Waals surface area contributed by atoms with Crippen LogP contribution < -0.4 is 15.0 Å². The molecule has 0 saturated heterocycles. The molecule has 0 saturated carbocycles. The van der Waals surface area contributed by atoms with E-state index < -0.39 is 11.6 Å². The van der Waals surface area contributed by atoms with Gasteiger partial charge in [0, 0.05) is 24.7 Å². The average Bonchev–Trinajstić information content (AvgIpc) is 2.72. The lowest BCUT2D eigenvalue weighted by atomic mass is 10.1. The van der Waals surface area contributed by atoms with Crippen LogP contribution in [0.1, 0.15) is 13.0 Å². The second kappa shape index (κ2) is 9.55. The summed E-state index contributed by atoms with van der Waals surface area (Å²) in [6, 6.07) is 7.74. The first-order valence-electron chi connectivity index (χ1n) is 8.79. The molecule has 2 aromatic rings. The van der Waals surface area contributed by atoms with Crippen molar-refractivity contribution in [1.29, 1.82) is 0 Å². The minimum absolute atomic E-state index is 0.250. The Bertz CT molecular complexity index is 893. The third kappa shape index (κ3) is 4.49. The van der Waals surface area contributed by atoms with Crippen LogP contribution in [-0.4, -0.2) is 47.9 Å². The van der Waals surface area contributed by atoms with Crippen molar-refractivity contribution in [2.24, 2.45) is 0 Å². The summed E-state index contributed by atoms with van der Waals surface area (Å²) in [4.78, 5) is 27.0. The largest absolute Gasteiger partial charge is 0.497 e. The summed E-state index contributed by atoms with van der Waals surface area (Å²) in [5, 5.41) is 4.43. The summed E-state index contributed by atoms with van der Waals surface area (Å²) in [7, 11) is 3.05. The van der Waals surface area contributed by atoms with E-state index in [1.807, 2.05) is 12.1 Å². The van der Waals surface area contributed by atoms with E-state index >= 15 is 0 Å². The molecule has 0 aliphatic heterocycles. The van der Waals surface area contributed by atoms with Gasteiger partial charge in [-0.15, -0.1) is 13.2 Å². The molecule has 1 amide bonds. The van der Waals surface area contributed by atoms with E-state index in [1.165, 1.54) is 17.9 Å².